The van der Waals surface area contributed by atoms with E-state index < -0.39 is 22.7 Å². The Hall–Kier alpha value is -3.48. The molecule has 1 fully saturated rings. The minimum absolute atomic E-state index is 0.00672. The highest BCUT2D eigenvalue weighted by Crippen LogP contribution is 2.40. The second-order valence-electron chi connectivity index (χ2n) is 7.97. The molecular weight excluding hydrogens is 396 g/mol. The Morgan fingerprint density at radius 1 is 1.10 bits per heavy atom. The molecule has 0 bridgehead atoms. The molecule has 0 spiro atoms. The van der Waals surface area contributed by atoms with Gasteiger partial charge in [0.05, 0.1) is 16.5 Å². The summed E-state index contributed by atoms with van der Waals surface area (Å²) in [6, 6.07) is 12.3. The first-order valence-electron chi connectivity index (χ1n) is 10.4. The van der Waals surface area contributed by atoms with E-state index in [1.165, 1.54) is 29.2 Å². The minimum atomic E-state index is -0.745. The fourth-order valence-corrected chi connectivity index (χ4v) is 3.75. The number of unbranched alkanes of at least 4 members (excludes halogenated alkanes) is 1. The lowest BCUT2D eigenvalue weighted by atomic mass is 9.93. The number of benzene rings is 2. The fraction of sp³-hybridized carbons (Fsp3) is 0.333. The maximum atomic E-state index is 12.9. The summed E-state index contributed by atoms with van der Waals surface area (Å²) < 4.78 is 0. The number of hydrogen-bond acceptors (Lipinski definition) is 5. The summed E-state index contributed by atoms with van der Waals surface area (Å²) >= 11 is 0. The molecule has 1 aliphatic rings. The van der Waals surface area contributed by atoms with E-state index in [2.05, 4.69) is 13.8 Å². The van der Waals surface area contributed by atoms with Crippen molar-refractivity contribution in [1.82, 2.24) is 4.90 Å². The predicted octanol–water partition coefficient (Wildman–Crippen LogP) is 4.94. The van der Waals surface area contributed by atoms with Crippen LogP contribution in [0.25, 0.3) is 5.76 Å². The average molecular weight is 422 g/mol. The second kappa shape index (κ2) is 9.12. The third-order valence-electron chi connectivity index (χ3n) is 5.56. The van der Waals surface area contributed by atoms with Gasteiger partial charge in [-0.15, -0.1) is 0 Å². The number of rotatable bonds is 7. The van der Waals surface area contributed by atoms with Crippen LogP contribution in [0.1, 0.15) is 62.3 Å². The third-order valence-corrected chi connectivity index (χ3v) is 5.56. The predicted molar refractivity (Wildman–Crippen MR) is 118 cm³/mol. The zero-order chi connectivity index (χ0) is 22.7. The summed E-state index contributed by atoms with van der Waals surface area (Å²) in [5.41, 5.74) is 2.00. The van der Waals surface area contributed by atoms with Crippen molar-refractivity contribution in [2.75, 3.05) is 6.54 Å². The zero-order valence-corrected chi connectivity index (χ0v) is 17.9. The van der Waals surface area contributed by atoms with Crippen LogP contribution in [0.3, 0.4) is 0 Å². The third kappa shape index (κ3) is 4.35. The SMILES string of the molecule is CCCCN1C(=O)C(=O)/C(=C(\O)c2ccc([N+](=O)[O-])cc2)C1c1ccc(C(C)C)cc1. The number of Topliss-reactive ketones (excluding diaryl/α,β-unsaturated/α-hetero) is 1. The lowest BCUT2D eigenvalue weighted by Gasteiger charge is -2.25. The van der Waals surface area contributed by atoms with Gasteiger partial charge >= 0.3 is 0 Å². The fourth-order valence-electron chi connectivity index (χ4n) is 3.75. The normalized spacial score (nSPS) is 18.1. The molecule has 0 radical (unpaired) electrons. The summed E-state index contributed by atoms with van der Waals surface area (Å²) in [5.74, 6) is -1.38. The molecule has 2 aromatic rings. The van der Waals surface area contributed by atoms with Crippen molar-refractivity contribution in [3.05, 3.63) is 80.9 Å². The topological polar surface area (TPSA) is 101 Å². The maximum Gasteiger partial charge on any atom is 0.295 e. The quantitative estimate of drug-likeness (QED) is 0.224. The van der Waals surface area contributed by atoms with Gasteiger partial charge in [-0.25, -0.2) is 0 Å². The Labute approximate surface area is 181 Å². The maximum absolute atomic E-state index is 12.9. The van der Waals surface area contributed by atoms with Crippen LogP contribution in [0.4, 0.5) is 5.69 Å². The van der Waals surface area contributed by atoms with E-state index in [4.69, 9.17) is 0 Å². The number of non-ortho nitro benzene ring substituents is 1. The van der Waals surface area contributed by atoms with E-state index in [1.807, 2.05) is 31.2 Å². The van der Waals surface area contributed by atoms with Gasteiger partial charge in [-0.3, -0.25) is 19.7 Å². The first kappa shape index (κ1) is 22.2. The summed E-state index contributed by atoms with van der Waals surface area (Å²) in [7, 11) is 0. The molecule has 1 amide bonds. The van der Waals surface area contributed by atoms with Crippen LogP contribution in [-0.4, -0.2) is 33.2 Å². The van der Waals surface area contributed by atoms with Crippen LogP contribution in [0.5, 0.6) is 0 Å². The number of ketones is 1. The van der Waals surface area contributed by atoms with Crippen molar-refractivity contribution in [2.45, 2.75) is 45.6 Å². The van der Waals surface area contributed by atoms with Crippen LogP contribution in [0.15, 0.2) is 54.1 Å². The number of likely N-dealkylation sites (tertiary alicyclic amines) is 1. The van der Waals surface area contributed by atoms with Gasteiger partial charge in [-0.1, -0.05) is 51.5 Å². The van der Waals surface area contributed by atoms with Crippen LogP contribution in [-0.2, 0) is 9.59 Å². The van der Waals surface area contributed by atoms with Crippen molar-refractivity contribution >= 4 is 23.1 Å². The largest absolute Gasteiger partial charge is 0.507 e. The monoisotopic (exact) mass is 422 g/mol. The molecule has 31 heavy (non-hydrogen) atoms. The molecule has 1 N–H and O–H groups in total. The first-order valence-corrected chi connectivity index (χ1v) is 10.4. The first-order chi connectivity index (χ1) is 14.8. The van der Waals surface area contributed by atoms with Crippen molar-refractivity contribution in [3.63, 3.8) is 0 Å². The Bertz CT molecular complexity index is 1020. The molecule has 1 atom stereocenters. The highest BCUT2D eigenvalue weighted by molar-refractivity contribution is 6.46. The highest BCUT2D eigenvalue weighted by Gasteiger charge is 2.45. The van der Waals surface area contributed by atoms with Crippen molar-refractivity contribution < 1.29 is 19.6 Å². The van der Waals surface area contributed by atoms with Gasteiger partial charge < -0.3 is 10.0 Å². The van der Waals surface area contributed by atoms with Crippen LogP contribution >= 0.6 is 0 Å². The van der Waals surface area contributed by atoms with Gasteiger partial charge in [-0.2, -0.15) is 0 Å². The standard InChI is InChI=1S/C24H26N2O5/c1-4-5-14-25-21(17-8-6-16(7-9-17)15(2)3)20(23(28)24(25)29)22(27)18-10-12-19(13-11-18)26(30)31/h6-13,15,21,27H,4-5,14H2,1-3H3/b22-20-. The number of hydrogen-bond donors (Lipinski definition) is 1. The van der Waals surface area contributed by atoms with E-state index >= 15 is 0 Å². The molecule has 1 aliphatic heterocycles. The summed E-state index contributed by atoms with van der Waals surface area (Å²) in [6.45, 7) is 6.56. The Morgan fingerprint density at radius 3 is 2.23 bits per heavy atom. The highest BCUT2D eigenvalue weighted by atomic mass is 16.6. The summed E-state index contributed by atoms with van der Waals surface area (Å²) in [5, 5.41) is 21.9. The van der Waals surface area contributed by atoms with Gasteiger partial charge in [0.25, 0.3) is 17.4 Å². The van der Waals surface area contributed by atoms with E-state index in [1.54, 1.807) is 0 Å². The molecule has 1 heterocycles. The number of carbonyl (C=O) groups excluding carboxylic acids is 2. The number of aliphatic hydroxyl groups is 1. The summed E-state index contributed by atoms with van der Waals surface area (Å²) in [4.78, 5) is 37.6. The Balaban J connectivity index is 2.12. The van der Waals surface area contributed by atoms with Crippen LogP contribution in [0, 0.1) is 10.1 Å². The summed E-state index contributed by atoms with van der Waals surface area (Å²) in [6.07, 6.45) is 1.58. The molecule has 0 saturated carbocycles. The number of amides is 1. The van der Waals surface area contributed by atoms with Crippen molar-refractivity contribution in [3.8, 4) is 0 Å². The molecule has 7 heteroatoms. The van der Waals surface area contributed by atoms with E-state index in [0.29, 0.717) is 12.5 Å². The molecule has 162 valence electrons. The molecule has 0 aromatic heterocycles. The molecule has 2 aromatic carbocycles. The lowest BCUT2D eigenvalue weighted by molar-refractivity contribution is -0.384. The van der Waals surface area contributed by atoms with Gasteiger partial charge in [0, 0.05) is 24.2 Å². The van der Waals surface area contributed by atoms with Gasteiger partial charge in [0.1, 0.15) is 5.76 Å². The second-order valence-corrected chi connectivity index (χ2v) is 7.97. The molecule has 7 nitrogen and oxygen atoms in total. The number of nitro groups is 1. The van der Waals surface area contributed by atoms with Gasteiger partial charge in [-0.05, 0) is 35.6 Å². The van der Waals surface area contributed by atoms with E-state index in [9.17, 15) is 24.8 Å². The van der Waals surface area contributed by atoms with Gasteiger partial charge in [0.15, 0.2) is 0 Å². The number of carbonyl (C=O) groups is 2. The molecule has 1 saturated heterocycles. The van der Waals surface area contributed by atoms with E-state index in [-0.39, 0.29) is 22.6 Å². The molecule has 1 unspecified atom stereocenters. The molecule has 3 rings (SSSR count). The van der Waals surface area contributed by atoms with Gasteiger partial charge in [0.2, 0.25) is 0 Å². The number of aliphatic hydroxyl groups excluding tert-OH is 1. The smallest absolute Gasteiger partial charge is 0.295 e. The Kier molecular flexibility index (Phi) is 6.53. The van der Waals surface area contributed by atoms with Crippen molar-refractivity contribution in [2.24, 2.45) is 0 Å². The van der Waals surface area contributed by atoms with Crippen LogP contribution < -0.4 is 0 Å². The lowest BCUT2D eigenvalue weighted by Crippen LogP contribution is -2.30. The van der Waals surface area contributed by atoms with E-state index in [0.717, 1.165) is 24.0 Å². The number of nitro benzene ring substituents is 1. The van der Waals surface area contributed by atoms with Crippen molar-refractivity contribution in [1.29, 1.82) is 0 Å². The molecular formula is C24H26N2O5. The average Bonchev–Trinajstić information content (AvgIpc) is 3.02. The number of nitrogens with zero attached hydrogens (tertiary/aromatic N) is 2. The Morgan fingerprint density at radius 2 is 1.71 bits per heavy atom. The zero-order valence-electron chi connectivity index (χ0n) is 17.9. The molecule has 0 aliphatic carbocycles. The van der Waals surface area contributed by atoms with Crippen LogP contribution in [0.2, 0.25) is 0 Å². The minimum Gasteiger partial charge on any atom is -0.507 e.